The first-order chi connectivity index (χ1) is 9.55. The molecule has 0 saturated carbocycles. The van der Waals surface area contributed by atoms with Crippen molar-refractivity contribution in [3.8, 4) is 0 Å². The number of aliphatic carboxylic acids is 1. The van der Waals surface area contributed by atoms with Gasteiger partial charge in [0.2, 0.25) is 10.0 Å². The SMILES string of the molecule is CC1(O)CCN(S(=O)(=O)c2cc(Cl)cc(Cl)c2)[C@@H]1C(=O)O. The summed E-state index contributed by atoms with van der Waals surface area (Å²) >= 11 is 11.6. The molecule has 1 fully saturated rings. The van der Waals surface area contributed by atoms with Gasteiger partial charge in [-0.15, -0.1) is 0 Å². The van der Waals surface area contributed by atoms with E-state index in [-0.39, 0.29) is 27.9 Å². The molecule has 6 nitrogen and oxygen atoms in total. The van der Waals surface area contributed by atoms with Crippen molar-refractivity contribution < 1.29 is 23.4 Å². The van der Waals surface area contributed by atoms with E-state index in [2.05, 4.69) is 0 Å². The maximum Gasteiger partial charge on any atom is 0.325 e. The fraction of sp³-hybridized carbons (Fsp3) is 0.417. The van der Waals surface area contributed by atoms with Gasteiger partial charge in [-0.25, -0.2) is 8.42 Å². The lowest BCUT2D eigenvalue weighted by molar-refractivity contribution is -0.146. The lowest BCUT2D eigenvalue weighted by Gasteiger charge is -2.27. The molecule has 1 unspecified atom stereocenters. The number of sulfonamides is 1. The number of carboxylic acids is 1. The third kappa shape index (κ3) is 3.02. The topological polar surface area (TPSA) is 94.9 Å². The summed E-state index contributed by atoms with van der Waals surface area (Å²) in [6, 6.07) is 2.20. The van der Waals surface area contributed by atoms with Crippen molar-refractivity contribution in [1.82, 2.24) is 4.31 Å². The van der Waals surface area contributed by atoms with Gasteiger partial charge in [0.1, 0.15) is 0 Å². The number of rotatable bonds is 3. The zero-order valence-electron chi connectivity index (χ0n) is 11.0. The molecule has 1 heterocycles. The van der Waals surface area contributed by atoms with E-state index >= 15 is 0 Å². The second-order valence-corrected chi connectivity index (χ2v) is 7.83. The molecule has 0 aromatic heterocycles. The molecule has 1 aliphatic heterocycles. The summed E-state index contributed by atoms with van der Waals surface area (Å²) in [5.41, 5.74) is -1.64. The minimum atomic E-state index is -4.13. The summed E-state index contributed by atoms with van der Waals surface area (Å²) < 4.78 is 25.9. The molecule has 0 aliphatic carbocycles. The fourth-order valence-electron chi connectivity index (χ4n) is 2.37. The first kappa shape index (κ1) is 16.5. The van der Waals surface area contributed by atoms with E-state index in [1.807, 2.05) is 0 Å². The smallest absolute Gasteiger partial charge is 0.325 e. The summed E-state index contributed by atoms with van der Waals surface area (Å²) in [6.45, 7) is 1.20. The molecule has 1 aromatic carbocycles. The van der Waals surface area contributed by atoms with E-state index in [0.717, 1.165) is 4.31 Å². The van der Waals surface area contributed by atoms with E-state index in [4.69, 9.17) is 23.2 Å². The number of nitrogens with zero attached hydrogens (tertiary/aromatic N) is 1. The predicted molar refractivity (Wildman–Crippen MR) is 77.0 cm³/mol. The van der Waals surface area contributed by atoms with Crippen molar-refractivity contribution in [3.05, 3.63) is 28.2 Å². The number of aliphatic hydroxyl groups is 1. The van der Waals surface area contributed by atoms with Gasteiger partial charge in [0, 0.05) is 16.6 Å². The van der Waals surface area contributed by atoms with E-state index in [9.17, 15) is 23.4 Å². The van der Waals surface area contributed by atoms with Crippen molar-refractivity contribution in [2.75, 3.05) is 6.54 Å². The number of halogens is 2. The molecule has 0 bridgehead atoms. The lowest BCUT2D eigenvalue weighted by atomic mass is 9.98. The van der Waals surface area contributed by atoms with Crippen LogP contribution in [0.4, 0.5) is 0 Å². The molecule has 0 radical (unpaired) electrons. The molecular weight excluding hydrogens is 341 g/mol. The Labute approximate surface area is 131 Å². The van der Waals surface area contributed by atoms with Crippen LogP contribution in [0.5, 0.6) is 0 Å². The second kappa shape index (κ2) is 5.40. The normalized spacial score (nSPS) is 27.0. The van der Waals surface area contributed by atoms with Crippen LogP contribution >= 0.6 is 23.2 Å². The third-order valence-corrected chi connectivity index (χ3v) is 5.67. The van der Waals surface area contributed by atoms with Gasteiger partial charge < -0.3 is 10.2 Å². The molecule has 1 aliphatic rings. The zero-order valence-corrected chi connectivity index (χ0v) is 13.3. The molecule has 1 aromatic rings. The molecule has 2 atom stereocenters. The second-order valence-electron chi connectivity index (χ2n) is 5.07. The highest BCUT2D eigenvalue weighted by atomic mass is 35.5. The minimum absolute atomic E-state index is 0.0253. The Hall–Kier alpha value is -0.860. The van der Waals surface area contributed by atoms with Crippen LogP contribution in [0.3, 0.4) is 0 Å². The van der Waals surface area contributed by atoms with Gasteiger partial charge in [0.15, 0.2) is 6.04 Å². The van der Waals surface area contributed by atoms with Crippen molar-refractivity contribution in [3.63, 3.8) is 0 Å². The molecule has 1 saturated heterocycles. The van der Waals surface area contributed by atoms with E-state index in [1.165, 1.54) is 25.1 Å². The van der Waals surface area contributed by atoms with Gasteiger partial charge >= 0.3 is 5.97 Å². The van der Waals surface area contributed by atoms with Gasteiger partial charge in [0.25, 0.3) is 0 Å². The van der Waals surface area contributed by atoms with E-state index in [0.29, 0.717) is 0 Å². The number of benzene rings is 1. The molecule has 116 valence electrons. The summed E-state index contributed by atoms with van der Waals surface area (Å²) in [6.07, 6.45) is 0.0253. The highest BCUT2D eigenvalue weighted by Crippen LogP contribution is 2.34. The van der Waals surface area contributed by atoms with Gasteiger partial charge in [-0.3, -0.25) is 4.79 Å². The van der Waals surface area contributed by atoms with Crippen molar-refractivity contribution in [1.29, 1.82) is 0 Å². The van der Waals surface area contributed by atoms with E-state index < -0.39 is 27.6 Å². The van der Waals surface area contributed by atoms with Crippen LogP contribution in [-0.4, -0.2) is 47.1 Å². The zero-order chi connectivity index (χ0) is 16.0. The summed E-state index contributed by atoms with van der Waals surface area (Å²) in [5, 5.41) is 19.5. The first-order valence-electron chi connectivity index (χ1n) is 5.99. The average Bonchev–Trinajstić information content (AvgIpc) is 2.64. The van der Waals surface area contributed by atoms with Crippen LogP contribution in [0, 0.1) is 0 Å². The van der Waals surface area contributed by atoms with Crippen molar-refractivity contribution in [2.24, 2.45) is 0 Å². The largest absolute Gasteiger partial charge is 0.480 e. The van der Waals surface area contributed by atoms with Crippen molar-refractivity contribution >= 4 is 39.2 Å². The van der Waals surface area contributed by atoms with Gasteiger partial charge in [-0.2, -0.15) is 4.31 Å². The predicted octanol–water partition coefficient (Wildman–Crippen LogP) is 1.59. The number of hydrogen-bond acceptors (Lipinski definition) is 4. The number of carbonyl (C=O) groups is 1. The maximum absolute atomic E-state index is 12.6. The van der Waals surface area contributed by atoms with Crippen LogP contribution in [0.1, 0.15) is 13.3 Å². The molecule has 0 spiro atoms. The summed E-state index contributed by atoms with van der Waals surface area (Å²) in [4.78, 5) is 11.1. The van der Waals surface area contributed by atoms with Crippen LogP contribution in [0.25, 0.3) is 0 Å². The third-order valence-electron chi connectivity index (χ3n) is 3.39. The van der Waals surface area contributed by atoms with Crippen molar-refractivity contribution in [2.45, 2.75) is 29.9 Å². The number of hydrogen-bond donors (Lipinski definition) is 2. The Balaban J connectivity index is 2.51. The summed E-state index contributed by atoms with van der Waals surface area (Å²) in [5.74, 6) is -1.41. The lowest BCUT2D eigenvalue weighted by Crippen LogP contribution is -2.50. The average molecular weight is 354 g/mol. The Kier molecular flexibility index (Phi) is 4.25. The molecule has 2 N–H and O–H groups in total. The minimum Gasteiger partial charge on any atom is -0.480 e. The molecular formula is C12H13Cl2NO5S. The monoisotopic (exact) mass is 353 g/mol. The van der Waals surface area contributed by atoms with Gasteiger partial charge in [-0.05, 0) is 31.5 Å². The van der Waals surface area contributed by atoms with Crippen LogP contribution < -0.4 is 0 Å². The standard InChI is InChI=1S/C12H13Cl2NO5S/c1-12(18)2-3-15(10(12)11(16)17)21(19,20)9-5-7(13)4-8(14)6-9/h4-6,10,18H,2-3H2,1H3,(H,16,17)/t10-,12?/m1/s1. The Bertz CT molecular complexity index is 669. The number of carboxylic acid groups (broad SMARTS) is 1. The fourth-order valence-corrected chi connectivity index (χ4v) is 4.78. The quantitative estimate of drug-likeness (QED) is 0.860. The highest BCUT2D eigenvalue weighted by Gasteiger charge is 2.52. The van der Waals surface area contributed by atoms with Gasteiger partial charge in [-0.1, -0.05) is 23.2 Å². The van der Waals surface area contributed by atoms with Crippen LogP contribution in [0.2, 0.25) is 10.0 Å². The van der Waals surface area contributed by atoms with E-state index in [1.54, 1.807) is 0 Å². The Morgan fingerprint density at radius 3 is 2.33 bits per heavy atom. The Morgan fingerprint density at radius 1 is 1.33 bits per heavy atom. The highest BCUT2D eigenvalue weighted by molar-refractivity contribution is 7.89. The molecule has 0 amide bonds. The molecule has 9 heteroatoms. The van der Waals surface area contributed by atoms with Crippen LogP contribution in [0.15, 0.2) is 23.1 Å². The molecule has 2 rings (SSSR count). The first-order valence-corrected chi connectivity index (χ1v) is 8.18. The van der Waals surface area contributed by atoms with Gasteiger partial charge in [0.05, 0.1) is 10.5 Å². The summed E-state index contributed by atoms with van der Waals surface area (Å²) in [7, 11) is -4.13. The molecule has 21 heavy (non-hydrogen) atoms. The van der Waals surface area contributed by atoms with Crippen LogP contribution in [-0.2, 0) is 14.8 Å². The maximum atomic E-state index is 12.6. The Morgan fingerprint density at radius 2 is 1.86 bits per heavy atom.